The molecule has 6 rings (SSSR count). The van der Waals surface area contributed by atoms with Gasteiger partial charge in [0.2, 0.25) is 0 Å². The van der Waals surface area contributed by atoms with Crippen molar-refractivity contribution in [1.29, 1.82) is 0 Å². The monoisotopic (exact) mass is 537 g/mol. The molecule has 41 heavy (non-hydrogen) atoms. The van der Waals surface area contributed by atoms with E-state index in [4.69, 9.17) is 10.7 Å². The fraction of sp³-hybridized carbons (Fsp3) is 0.0625. The first kappa shape index (κ1) is 25.4. The van der Waals surface area contributed by atoms with E-state index in [2.05, 4.69) is 32.1 Å². The molecule has 0 saturated heterocycles. The van der Waals surface area contributed by atoms with Crippen molar-refractivity contribution in [2.24, 2.45) is 0 Å². The summed E-state index contributed by atoms with van der Waals surface area (Å²) < 4.78 is 1.51. The molecule has 0 aliphatic rings. The van der Waals surface area contributed by atoms with Gasteiger partial charge in [-0.15, -0.1) is 0 Å². The zero-order valence-electron chi connectivity index (χ0n) is 21.9. The van der Waals surface area contributed by atoms with Crippen molar-refractivity contribution in [3.8, 4) is 17.5 Å². The van der Waals surface area contributed by atoms with E-state index >= 15 is 0 Å². The van der Waals surface area contributed by atoms with Crippen molar-refractivity contribution < 1.29 is 4.79 Å². The summed E-state index contributed by atoms with van der Waals surface area (Å²) in [4.78, 5) is 45.1. The number of carbonyl (C=O) groups excluding carboxylic acids is 1. The summed E-state index contributed by atoms with van der Waals surface area (Å²) >= 11 is 0. The predicted octanol–water partition coefficient (Wildman–Crippen LogP) is 4.20. The van der Waals surface area contributed by atoms with Crippen LogP contribution in [-0.4, -0.2) is 30.4 Å². The summed E-state index contributed by atoms with van der Waals surface area (Å²) in [5.41, 5.74) is 8.80. The van der Waals surface area contributed by atoms with Gasteiger partial charge in [0.15, 0.2) is 0 Å². The Balaban J connectivity index is 1.48. The van der Waals surface area contributed by atoms with Crippen LogP contribution >= 0.6 is 0 Å². The molecule has 0 bridgehead atoms. The van der Waals surface area contributed by atoms with E-state index < -0.39 is 11.9 Å². The number of anilines is 1. The van der Waals surface area contributed by atoms with E-state index in [1.807, 2.05) is 36.4 Å². The first-order chi connectivity index (χ1) is 20.0. The maximum absolute atomic E-state index is 14.2. The van der Waals surface area contributed by atoms with Crippen molar-refractivity contribution in [2.45, 2.75) is 13.0 Å². The number of rotatable bonds is 4. The average Bonchev–Trinajstić information content (AvgIpc) is 3.00. The highest BCUT2D eigenvalue weighted by atomic mass is 16.2. The molecule has 0 unspecified atom stereocenters. The second-order valence-corrected chi connectivity index (χ2v) is 9.29. The molecule has 9 nitrogen and oxygen atoms in total. The third-order valence-electron chi connectivity index (χ3n) is 6.60. The van der Waals surface area contributed by atoms with Gasteiger partial charge in [-0.3, -0.25) is 24.1 Å². The van der Waals surface area contributed by atoms with Crippen molar-refractivity contribution in [3.05, 3.63) is 130 Å². The summed E-state index contributed by atoms with van der Waals surface area (Å²) in [6.45, 7) is 1.76. The first-order valence-corrected chi connectivity index (χ1v) is 12.8. The zero-order chi connectivity index (χ0) is 28.3. The third-order valence-corrected chi connectivity index (χ3v) is 6.60. The largest absolute Gasteiger partial charge is 0.383 e. The summed E-state index contributed by atoms with van der Waals surface area (Å²) in [5, 5.41) is 4.02. The summed E-state index contributed by atoms with van der Waals surface area (Å²) in [6.07, 6.45) is 6.49. The molecule has 4 aromatic heterocycles. The molecule has 0 spiro atoms. The van der Waals surface area contributed by atoms with Crippen molar-refractivity contribution in [1.82, 2.24) is 29.8 Å². The molecule has 0 radical (unpaired) electrons. The lowest BCUT2D eigenvalue weighted by molar-refractivity contribution is 0.0940. The molecular weight excluding hydrogens is 514 g/mol. The number of carbonyl (C=O) groups is 1. The lowest BCUT2D eigenvalue weighted by atomic mass is 10.1. The molecule has 0 aliphatic heterocycles. The van der Waals surface area contributed by atoms with Gasteiger partial charge in [-0.1, -0.05) is 36.1 Å². The topological polar surface area (TPSA) is 129 Å². The Morgan fingerprint density at radius 2 is 1.73 bits per heavy atom. The summed E-state index contributed by atoms with van der Waals surface area (Å²) in [6, 6.07) is 21.0. The summed E-state index contributed by atoms with van der Waals surface area (Å²) in [5.74, 6) is 6.15. The maximum atomic E-state index is 14.2. The number of amides is 1. The van der Waals surface area contributed by atoms with Crippen molar-refractivity contribution in [3.63, 3.8) is 0 Å². The molecule has 0 saturated carbocycles. The highest BCUT2D eigenvalue weighted by molar-refractivity contribution is 6.09. The van der Waals surface area contributed by atoms with Gasteiger partial charge in [0.05, 0.1) is 28.1 Å². The third kappa shape index (κ3) is 4.86. The Labute approximate surface area is 234 Å². The molecule has 1 atom stereocenters. The zero-order valence-corrected chi connectivity index (χ0v) is 21.9. The lowest BCUT2D eigenvalue weighted by Gasteiger charge is -2.20. The van der Waals surface area contributed by atoms with Crippen LogP contribution in [-0.2, 0) is 0 Å². The van der Waals surface area contributed by atoms with Gasteiger partial charge in [0.25, 0.3) is 11.5 Å². The van der Waals surface area contributed by atoms with Gasteiger partial charge in [0, 0.05) is 41.3 Å². The Kier molecular flexibility index (Phi) is 6.63. The SMILES string of the molecule is C[C@@H](NC(=O)c1c(N)ncc2cccnc12)c1nc2cccc(C#Cc3ccncc3)c2c(=O)n1-c1ccccc1. The summed E-state index contributed by atoms with van der Waals surface area (Å²) in [7, 11) is 0. The van der Waals surface area contributed by atoms with Crippen LogP contribution in [0.5, 0.6) is 0 Å². The number of pyridine rings is 3. The van der Waals surface area contributed by atoms with Crippen LogP contribution in [0, 0.1) is 11.8 Å². The predicted molar refractivity (Wildman–Crippen MR) is 157 cm³/mol. The second-order valence-electron chi connectivity index (χ2n) is 9.29. The lowest BCUT2D eigenvalue weighted by Crippen LogP contribution is -2.34. The molecular formula is C32H23N7O2. The van der Waals surface area contributed by atoms with Gasteiger partial charge in [-0.2, -0.15) is 0 Å². The number of nitrogens with zero attached hydrogens (tertiary/aromatic N) is 5. The van der Waals surface area contributed by atoms with E-state index in [0.717, 1.165) is 5.56 Å². The highest BCUT2D eigenvalue weighted by Crippen LogP contribution is 2.23. The van der Waals surface area contributed by atoms with E-state index in [1.165, 1.54) is 4.57 Å². The Hall–Kier alpha value is -5.88. The van der Waals surface area contributed by atoms with Crippen LogP contribution in [0.25, 0.3) is 27.5 Å². The van der Waals surface area contributed by atoms with Crippen molar-refractivity contribution >= 4 is 33.5 Å². The molecule has 1 amide bonds. The van der Waals surface area contributed by atoms with Gasteiger partial charge >= 0.3 is 0 Å². The molecule has 2 aromatic carbocycles. The number of benzene rings is 2. The molecule has 9 heteroatoms. The Morgan fingerprint density at radius 1 is 0.927 bits per heavy atom. The van der Waals surface area contributed by atoms with E-state index in [1.54, 1.807) is 68.1 Å². The van der Waals surface area contributed by atoms with Crippen molar-refractivity contribution in [2.75, 3.05) is 5.73 Å². The Morgan fingerprint density at radius 3 is 2.54 bits per heavy atom. The number of nitrogens with one attached hydrogen (secondary N) is 1. The van der Waals surface area contributed by atoms with Gasteiger partial charge in [0.1, 0.15) is 17.2 Å². The maximum Gasteiger partial charge on any atom is 0.267 e. The highest BCUT2D eigenvalue weighted by Gasteiger charge is 2.23. The first-order valence-electron chi connectivity index (χ1n) is 12.8. The van der Waals surface area contributed by atoms with Crippen LogP contribution in [0.3, 0.4) is 0 Å². The number of hydrogen-bond donors (Lipinski definition) is 2. The number of fused-ring (bicyclic) bond motifs is 2. The normalized spacial score (nSPS) is 11.5. The van der Waals surface area contributed by atoms with Gasteiger partial charge in [-0.05, 0) is 55.5 Å². The van der Waals surface area contributed by atoms with E-state index in [9.17, 15) is 9.59 Å². The van der Waals surface area contributed by atoms with Gasteiger partial charge in [-0.25, -0.2) is 9.97 Å². The fourth-order valence-corrected chi connectivity index (χ4v) is 4.66. The quantitative estimate of drug-likeness (QED) is 0.323. The van der Waals surface area contributed by atoms with Crippen LogP contribution < -0.4 is 16.6 Å². The van der Waals surface area contributed by atoms with Crippen LogP contribution in [0.1, 0.15) is 40.3 Å². The number of nitrogens with two attached hydrogens (primary N) is 1. The van der Waals surface area contributed by atoms with Crippen LogP contribution in [0.15, 0.2) is 102 Å². The molecule has 0 aliphatic carbocycles. The smallest absolute Gasteiger partial charge is 0.267 e. The van der Waals surface area contributed by atoms with Crippen LogP contribution in [0.4, 0.5) is 5.82 Å². The number of aromatic nitrogens is 5. The molecule has 0 fully saturated rings. The minimum absolute atomic E-state index is 0.0604. The van der Waals surface area contributed by atoms with E-state index in [0.29, 0.717) is 38.9 Å². The minimum Gasteiger partial charge on any atom is -0.383 e. The van der Waals surface area contributed by atoms with E-state index in [-0.39, 0.29) is 16.9 Å². The standard InChI is InChI=1S/C32H23N7O2/c1-20(37-31(40)27-28-23(8-6-16-35-28)19-36-29(27)33)30-38-25-11-5-7-22(13-12-21-14-17-34-18-15-21)26(25)32(41)39(30)24-9-3-2-4-10-24/h2-11,14-20H,1H3,(H2,33,36)(H,37,40)/t20-/m1/s1. The number of hydrogen-bond acceptors (Lipinski definition) is 7. The fourth-order valence-electron chi connectivity index (χ4n) is 4.66. The Bertz CT molecular complexity index is 2050. The molecule has 4 heterocycles. The molecule has 6 aromatic rings. The average molecular weight is 538 g/mol. The minimum atomic E-state index is -0.690. The molecule has 3 N–H and O–H groups in total. The van der Waals surface area contributed by atoms with Gasteiger partial charge < -0.3 is 11.1 Å². The van der Waals surface area contributed by atoms with Crippen LogP contribution in [0.2, 0.25) is 0 Å². The number of nitrogen functional groups attached to an aromatic ring is 1. The molecule has 198 valence electrons. The second kappa shape index (κ2) is 10.7. The number of para-hydroxylation sites is 1.